The Balaban J connectivity index is 0.000000500. The first-order chi connectivity index (χ1) is 6.74. The van der Waals surface area contributed by atoms with Crippen molar-refractivity contribution in [2.24, 2.45) is 7.05 Å². The molecule has 14 heavy (non-hydrogen) atoms. The summed E-state index contributed by atoms with van der Waals surface area (Å²) >= 11 is 3.70. The van der Waals surface area contributed by atoms with Gasteiger partial charge in [0.05, 0.1) is 13.6 Å². The van der Waals surface area contributed by atoms with E-state index in [1.54, 1.807) is 0 Å². The number of nitriles is 1. The molecule has 0 radical (unpaired) electrons. The van der Waals surface area contributed by atoms with Crippen molar-refractivity contribution < 1.29 is 4.57 Å². The molecule has 0 aliphatic rings. The van der Waals surface area contributed by atoms with Crippen molar-refractivity contribution in [3.8, 4) is 5.40 Å². The average molecular weight is 211 g/mol. The minimum atomic E-state index is 1.16. The Morgan fingerprint density at radius 2 is 2.14 bits per heavy atom. The van der Waals surface area contributed by atoms with Gasteiger partial charge in [-0.25, -0.2) is 14.4 Å². The molecule has 0 spiro atoms. The van der Waals surface area contributed by atoms with Crippen LogP contribution in [0.25, 0.3) is 0 Å². The van der Waals surface area contributed by atoms with Crippen LogP contribution in [0.5, 0.6) is 0 Å². The van der Waals surface area contributed by atoms with Gasteiger partial charge in [-0.1, -0.05) is 18.7 Å². The molecule has 4 heteroatoms. The molecule has 78 valence electrons. The van der Waals surface area contributed by atoms with E-state index in [1.807, 2.05) is 0 Å². The number of thiocyanates is 1. The quantitative estimate of drug-likeness (QED) is 0.327. The molecule has 1 heterocycles. The molecule has 0 atom stereocenters. The summed E-state index contributed by atoms with van der Waals surface area (Å²) in [5.74, 6) is 0. The monoisotopic (exact) mass is 211 g/mol. The lowest BCUT2D eigenvalue weighted by atomic mass is 10.2. The molecule has 0 saturated carbocycles. The fourth-order valence-corrected chi connectivity index (χ4v) is 1.18. The first-order valence-electron chi connectivity index (χ1n) is 4.76. The third kappa shape index (κ3) is 6.44. The number of aromatic nitrogens is 2. The van der Waals surface area contributed by atoms with E-state index < -0.39 is 0 Å². The van der Waals surface area contributed by atoms with E-state index in [2.05, 4.69) is 54.5 Å². The van der Waals surface area contributed by atoms with Crippen LogP contribution in [-0.4, -0.2) is 4.57 Å². The lowest BCUT2D eigenvalue weighted by Gasteiger charge is -1.93. The minimum absolute atomic E-state index is 1.16. The normalized spacial score (nSPS) is 8.64. The fraction of sp³-hybridized carbons (Fsp3) is 0.600. The largest absolute Gasteiger partial charge is 0.696 e. The molecule has 1 aromatic heterocycles. The Hall–Kier alpha value is -1.08. The zero-order chi connectivity index (χ0) is 10.8. The summed E-state index contributed by atoms with van der Waals surface area (Å²) in [6.07, 6.45) is 10.2. The number of hydrogen-bond donors (Lipinski definition) is 0. The SMILES string of the molecule is CCCCCn1cc[n+](C)c1.N#C[S-]. The van der Waals surface area contributed by atoms with Gasteiger partial charge in [-0.15, -0.1) is 0 Å². The maximum atomic E-state index is 7.13. The van der Waals surface area contributed by atoms with Crippen LogP contribution in [0.15, 0.2) is 18.7 Å². The number of aryl methyl sites for hydroxylation is 2. The maximum absolute atomic E-state index is 7.13. The van der Waals surface area contributed by atoms with E-state index in [4.69, 9.17) is 5.26 Å². The predicted octanol–water partition coefficient (Wildman–Crippen LogP) is 1.52. The molecule has 3 nitrogen and oxygen atoms in total. The Kier molecular flexibility index (Phi) is 7.86. The highest BCUT2D eigenvalue weighted by Gasteiger charge is 1.97. The molecule has 0 aromatic carbocycles. The van der Waals surface area contributed by atoms with Crippen LogP contribution in [0.1, 0.15) is 26.2 Å². The van der Waals surface area contributed by atoms with Crippen molar-refractivity contribution in [3.05, 3.63) is 18.7 Å². The van der Waals surface area contributed by atoms with Crippen LogP contribution in [0.2, 0.25) is 0 Å². The van der Waals surface area contributed by atoms with Crippen LogP contribution in [0.4, 0.5) is 0 Å². The number of imidazole rings is 1. The number of hydrogen-bond acceptors (Lipinski definition) is 2. The Morgan fingerprint density at radius 3 is 2.57 bits per heavy atom. The van der Waals surface area contributed by atoms with E-state index in [1.165, 1.54) is 24.7 Å². The minimum Gasteiger partial charge on any atom is -0.696 e. The fourth-order valence-electron chi connectivity index (χ4n) is 1.18. The second-order valence-corrected chi connectivity index (χ2v) is 3.30. The zero-order valence-corrected chi connectivity index (χ0v) is 9.63. The molecule has 0 saturated heterocycles. The van der Waals surface area contributed by atoms with E-state index in [0.717, 1.165) is 6.54 Å². The lowest BCUT2D eigenvalue weighted by molar-refractivity contribution is -0.671. The lowest BCUT2D eigenvalue weighted by Crippen LogP contribution is -2.23. The maximum Gasteiger partial charge on any atom is 0.243 e. The highest BCUT2D eigenvalue weighted by Crippen LogP contribution is 1.96. The van der Waals surface area contributed by atoms with Crippen LogP contribution >= 0.6 is 0 Å². The van der Waals surface area contributed by atoms with Gasteiger partial charge in [-0.2, -0.15) is 0 Å². The van der Waals surface area contributed by atoms with Gasteiger partial charge >= 0.3 is 0 Å². The topological polar surface area (TPSA) is 32.6 Å². The molecule has 1 aromatic rings. The molecule has 1 rings (SSSR count). The van der Waals surface area contributed by atoms with E-state index >= 15 is 0 Å². The summed E-state index contributed by atoms with van der Waals surface area (Å²) in [6, 6.07) is 0. The molecule has 0 unspecified atom stereocenters. The van der Waals surface area contributed by atoms with Crippen LogP contribution in [-0.2, 0) is 26.2 Å². The Labute approximate surface area is 91.4 Å². The average Bonchev–Trinajstić information content (AvgIpc) is 2.53. The number of unbranched alkanes of at least 4 members (excludes halogenated alkanes) is 2. The van der Waals surface area contributed by atoms with Gasteiger partial charge in [0, 0.05) is 0 Å². The van der Waals surface area contributed by atoms with Crippen molar-refractivity contribution in [3.63, 3.8) is 0 Å². The smallest absolute Gasteiger partial charge is 0.243 e. The molecule has 0 amide bonds. The third-order valence-electron chi connectivity index (χ3n) is 1.84. The summed E-state index contributed by atoms with van der Waals surface area (Å²) in [6.45, 7) is 3.39. The molecular weight excluding hydrogens is 194 g/mol. The standard InChI is InChI=1S/C9H17N2.CHNS/c1-3-4-5-6-11-8-7-10(2)9-11;2-1-3/h7-9H,3-6H2,1-2H3;3H/q+1;/p-1. The third-order valence-corrected chi connectivity index (χ3v) is 1.84. The van der Waals surface area contributed by atoms with E-state index in [-0.39, 0.29) is 0 Å². The van der Waals surface area contributed by atoms with Crippen molar-refractivity contribution in [2.75, 3.05) is 0 Å². The highest BCUT2D eigenvalue weighted by atomic mass is 32.1. The highest BCUT2D eigenvalue weighted by molar-refractivity contribution is 7.64. The van der Waals surface area contributed by atoms with Gasteiger partial charge in [0.1, 0.15) is 12.4 Å². The van der Waals surface area contributed by atoms with Gasteiger partial charge < -0.3 is 12.6 Å². The van der Waals surface area contributed by atoms with Crippen molar-refractivity contribution in [1.29, 1.82) is 5.26 Å². The van der Waals surface area contributed by atoms with Gasteiger partial charge in [0.15, 0.2) is 0 Å². The van der Waals surface area contributed by atoms with Crippen LogP contribution < -0.4 is 4.57 Å². The molecule has 0 aliphatic carbocycles. The van der Waals surface area contributed by atoms with Crippen molar-refractivity contribution >= 4 is 12.6 Å². The first-order valence-corrected chi connectivity index (χ1v) is 5.17. The molecule has 0 aliphatic heterocycles. The van der Waals surface area contributed by atoms with Gasteiger partial charge in [0.25, 0.3) is 0 Å². The molecule has 0 fully saturated rings. The number of rotatable bonds is 4. The summed E-state index contributed by atoms with van der Waals surface area (Å²) in [5.41, 5.74) is 0. The van der Waals surface area contributed by atoms with Crippen LogP contribution in [0, 0.1) is 10.7 Å². The predicted molar refractivity (Wildman–Crippen MR) is 58.1 cm³/mol. The Morgan fingerprint density at radius 1 is 1.50 bits per heavy atom. The van der Waals surface area contributed by atoms with Gasteiger partial charge in [-0.05, 0) is 12.8 Å². The van der Waals surface area contributed by atoms with Crippen molar-refractivity contribution in [2.45, 2.75) is 32.7 Å². The van der Waals surface area contributed by atoms with E-state index in [9.17, 15) is 0 Å². The summed E-state index contributed by atoms with van der Waals surface area (Å²) in [7, 11) is 2.05. The molecular formula is C10H17N3S. The number of nitrogens with zero attached hydrogens (tertiary/aromatic N) is 3. The zero-order valence-electron chi connectivity index (χ0n) is 8.81. The van der Waals surface area contributed by atoms with E-state index in [0.29, 0.717) is 0 Å². The summed E-state index contributed by atoms with van der Waals surface area (Å²) in [5, 5.41) is 8.47. The first kappa shape index (κ1) is 12.9. The van der Waals surface area contributed by atoms with Crippen LogP contribution in [0.3, 0.4) is 0 Å². The molecule has 0 bridgehead atoms. The van der Waals surface area contributed by atoms with Gasteiger partial charge in [0.2, 0.25) is 6.33 Å². The molecule has 0 N–H and O–H groups in total. The van der Waals surface area contributed by atoms with Crippen molar-refractivity contribution in [1.82, 2.24) is 4.57 Å². The van der Waals surface area contributed by atoms with Gasteiger partial charge in [-0.3, -0.25) is 0 Å². The Bertz CT molecular complexity index is 275. The summed E-state index contributed by atoms with van der Waals surface area (Å²) in [4.78, 5) is 0. The summed E-state index contributed by atoms with van der Waals surface area (Å²) < 4.78 is 4.31. The second kappa shape index (κ2) is 8.52. The second-order valence-electron chi connectivity index (χ2n) is 3.12.